The third-order valence-electron chi connectivity index (χ3n) is 6.83. The molecule has 2 atom stereocenters. The van der Waals surface area contributed by atoms with Gasteiger partial charge in [-0.1, -0.05) is 44.5 Å². The van der Waals surface area contributed by atoms with Crippen molar-refractivity contribution >= 4 is 5.91 Å². The molecule has 0 heterocycles. The van der Waals surface area contributed by atoms with E-state index in [9.17, 15) is 4.79 Å². The van der Waals surface area contributed by atoms with Gasteiger partial charge in [0.2, 0.25) is 0 Å². The predicted molar refractivity (Wildman–Crippen MR) is 138 cm³/mol. The van der Waals surface area contributed by atoms with Crippen LogP contribution in [0, 0.1) is 11.8 Å². The van der Waals surface area contributed by atoms with Gasteiger partial charge in [0.05, 0.1) is 6.61 Å². The van der Waals surface area contributed by atoms with Crippen LogP contribution in [0.1, 0.15) is 72.5 Å². The van der Waals surface area contributed by atoms with Crippen molar-refractivity contribution in [1.82, 2.24) is 4.90 Å². The molecule has 3 rings (SSSR count). The number of ether oxygens (including phenoxy) is 1. The van der Waals surface area contributed by atoms with Gasteiger partial charge in [0, 0.05) is 25.8 Å². The van der Waals surface area contributed by atoms with E-state index >= 15 is 0 Å². The fraction of sp³-hybridized carbons (Fsp3) is 0.552. The number of carbonyl (C=O) groups is 1. The van der Waals surface area contributed by atoms with Gasteiger partial charge < -0.3 is 20.5 Å². The van der Waals surface area contributed by atoms with Crippen molar-refractivity contribution in [3.8, 4) is 5.75 Å². The van der Waals surface area contributed by atoms with Crippen molar-refractivity contribution in [1.29, 1.82) is 0 Å². The lowest BCUT2D eigenvalue weighted by Crippen LogP contribution is -2.30. The van der Waals surface area contributed by atoms with Crippen molar-refractivity contribution < 1.29 is 14.6 Å². The van der Waals surface area contributed by atoms with Crippen LogP contribution in [0.3, 0.4) is 0 Å². The second-order valence-corrected chi connectivity index (χ2v) is 10.2. The van der Waals surface area contributed by atoms with Crippen LogP contribution >= 0.6 is 0 Å². The summed E-state index contributed by atoms with van der Waals surface area (Å²) in [4.78, 5) is 14.5. The van der Waals surface area contributed by atoms with Gasteiger partial charge in [-0.3, -0.25) is 4.79 Å². The summed E-state index contributed by atoms with van der Waals surface area (Å²) in [5.74, 6) is 2.07. The molecule has 34 heavy (non-hydrogen) atoms. The normalized spacial score (nSPS) is 16.2. The van der Waals surface area contributed by atoms with Crippen molar-refractivity contribution in [2.24, 2.45) is 17.6 Å². The molecule has 1 aliphatic rings. The Labute approximate surface area is 205 Å². The molecule has 5 nitrogen and oxygen atoms in total. The van der Waals surface area contributed by atoms with E-state index in [1.165, 1.54) is 16.7 Å². The standard InChI is InChI=1S/C29H42N2O3/c1-21(2)19-31(3)29(33)26-8-6-9-28(17-26)34-20-22-10-11-24-16-25(13-12-23(24)15-22)27(18-30)7-4-5-14-32/h6,8-9,12-13,16-17,21-22,27,32H,4-5,7,10-11,14-15,18-20,30H2,1-3H3/t22-,27+/m1/s1. The molecule has 1 amide bonds. The monoisotopic (exact) mass is 466 g/mol. The van der Waals surface area contributed by atoms with Crippen LogP contribution in [-0.2, 0) is 12.8 Å². The molecule has 0 radical (unpaired) electrons. The second kappa shape index (κ2) is 12.9. The lowest BCUT2D eigenvalue weighted by molar-refractivity contribution is 0.0778. The van der Waals surface area contributed by atoms with Gasteiger partial charge in [0.1, 0.15) is 5.75 Å². The molecule has 2 aromatic carbocycles. The van der Waals surface area contributed by atoms with Gasteiger partial charge in [-0.05, 0) is 91.3 Å². The molecule has 0 fully saturated rings. The largest absolute Gasteiger partial charge is 0.493 e. The summed E-state index contributed by atoms with van der Waals surface area (Å²) in [6, 6.07) is 14.4. The molecule has 0 aliphatic heterocycles. The SMILES string of the molecule is CC(C)CN(C)C(=O)c1cccc(OC[C@@H]2CCc3cc([C@H](CN)CCCCO)ccc3C2)c1. The Kier molecular flexibility index (Phi) is 9.97. The third kappa shape index (κ3) is 7.31. The number of fused-ring (bicyclic) bond motifs is 1. The maximum absolute atomic E-state index is 12.7. The van der Waals surface area contributed by atoms with E-state index in [0.29, 0.717) is 36.5 Å². The van der Waals surface area contributed by atoms with Crippen molar-refractivity contribution in [3.05, 3.63) is 64.7 Å². The minimum absolute atomic E-state index is 0.0358. The van der Waals surface area contributed by atoms with E-state index in [1.54, 1.807) is 4.90 Å². The van der Waals surface area contributed by atoms with E-state index in [2.05, 4.69) is 32.0 Å². The van der Waals surface area contributed by atoms with Crippen LogP contribution in [0.25, 0.3) is 0 Å². The van der Waals surface area contributed by atoms with Gasteiger partial charge in [-0.15, -0.1) is 0 Å². The average molecular weight is 467 g/mol. The van der Waals surface area contributed by atoms with E-state index < -0.39 is 0 Å². The van der Waals surface area contributed by atoms with E-state index in [1.807, 2.05) is 31.3 Å². The summed E-state index contributed by atoms with van der Waals surface area (Å²) < 4.78 is 6.14. The second-order valence-electron chi connectivity index (χ2n) is 10.2. The Hall–Kier alpha value is -2.37. The number of aryl methyl sites for hydroxylation is 1. The van der Waals surface area contributed by atoms with Crippen LogP contribution in [0.4, 0.5) is 0 Å². The van der Waals surface area contributed by atoms with Crippen LogP contribution in [0.5, 0.6) is 5.75 Å². The number of nitrogens with zero attached hydrogens (tertiary/aromatic N) is 1. The molecule has 0 spiro atoms. The molecule has 0 saturated heterocycles. The van der Waals surface area contributed by atoms with Crippen LogP contribution in [0.2, 0.25) is 0 Å². The highest BCUT2D eigenvalue weighted by molar-refractivity contribution is 5.94. The summed E-state index contributed by atoms with van der Waals surface area (Å²) in [5.41, 5.74) is 10.9. The van der Waals surface area contributed by atoms with Gasteiger partial charge in [-0.2, -0.15) is 0 Å². The molecule has 2 aromatic rings. The number of benzene rings is 2. The molecule has 186 valence electrons. The van der Waals surface area contributed by atoms with Crippen LogP contribution < -0.4 is 10.5 Å². The predicted octanol–water partition coefficient (Wildman–Crippen LogP) is 4.80. The highest BCUT2D eigenvalue weighted by Gasteiger charge is 2.21. The zero-order valence-corrected chi connectivity index (χ0v) is 21.1. The number of aliphatic hydroxyl groups excluding tert-OH is 1. The number of amides is 1. The van der Waals surface area contributed by atoms with Gasteiger partial charge in [0.15, 0.2) is 0 Å². The minimum atomic E-state index is 0.0358. The highest BCUT2D eigenvalue weighted by atomic mass is 16.5. The molecule has 1 aliphatic carbocycles. The topological polar surface area (TPSA) is 75.8 Å². The fourth-order valence-corrected chi connectivity index (χ4v) is 4.95. The Balaban J connectivity index is 1.56. The lowest BCUT2D eigenvalue weighted by Gasteiger charge is -2.26. The minimum Gasteiger partial charge on any atom is -0.493 e. The molecule has 0 saturated carbocycles. The summed E-state index contributed by atoms with van der Waals surface area (Å²) in [7, 11) is 1.85. The van der Waals surface area contributed by atoms with Crippen molar-refractivity contribution in [3.63, 3.8) is 0 Å². The average Bonchev–Trinajstić information content (AvgIpc) is 2.84. The zero-order chi connectivity index (χ0) is 24.5. The quantitative estimate of drug-likeness (QED) is 0.441. The number of hydrogen-bond donors (Lipinski definition) is 2. The summed E-state index contributed by atoms with van der Waals surface area (Å²) in [5, 5.41) is 9.05. The summed E-state index contributed by atoms with van der Waals surface area (Å²) >= 11 is 0. The Bertz CT molecular complexity index is 927. The molecule has 0 aromatic heterocycles. The molecular weight excluding hydrogens is 424 g/mol. The Morgan fingerprint density at radius 2 is 2.00 bits per heavy atom. The Morgan fingerprint density at radius 1 is 1.18 bits per heavy atom. The van der Waals surface area contributed by atoms with E-state index in [0.717, 1.165) is 50.8 Å². The van der Waals surface area contributed by atoms with Crippen molar-refractivity contribution in [2.45, 2.75) is 58.3 Å². The fourth-order valence-electron chi connectivity index (χ4n) is 4.95. The number of aliphatic hydroxyl groups is 1. The highest BCUT2D eigenvalue weighted by Crippen LogP contribution is 2.30. The summed E-state index contributed by atoms with van der Waals surface area (Å²) in [6.07, 6.45) is 6.06. The van der Waals surface area contributed by atoms with Gasteiger partial charge >= 0.3 is 0 Å². The smallest absolute Gasteiger partial charge is 0.253 e. The maximum atomic E-state index is 12.7. The van der Waals surface area contributed by atoms with Crippen molar-refractivity contribution in [2.75, 3.05) is 33.4 Å². The van der Waals surface area contributed by atoms with Crippen LogP contribution in [-0.4, -0.2) is 49.3 Å². The molecular formula is C29H42N2O3. The Morgan fingerprint density at radius 3 is 2.74 bits per heavy atom. The van der Waals surface area contributed by atoms with E-state index in [-0.39, 0.29) is 12.5 Å². The van der Waals surface area contributed by atoms with E-state index in [4.69, 9.17) is 15.6 Å². The number of carbonyl (C=O) groups excluding carboxylic acids is 1. The first-order valence-corrected chi connectivity index (χ1v) is 12.8. The molecule has 0 unspecified atom stereocenters. The molecule has 0 bridgehead atoms. The summed E-state index contributed by atoms with van der Waals surface area (Å²) in [6.45, 7) is 6.52. The first-order chi connectivity index (χ1) is 16.4. The number of nitrogens with two attached hydrogens (primary N) is 1. The zero-order valence-electron chi connectivity index (χ0n) is 21.1. The van der Waals surface area contributed by atoms with Gasteiger partial charge in [-0.25, -0.2) is 0 Å². The maximum Gasteiger partial charge on any atom is 0.253 e. The number of hydrogen-bond acceptors (Lipinski definition) is 4. The number of unbranched alkanes of at least 4 members (excludes halogenated alkanes) is 1. The first kappa shape index (κ1) is 26.2. The van der Waals surface area contributed by atoms with Crippen LogP contribution in [0.15, 0.2) is 42.5 Å². The van der Waals surface area contributed by atoms with Gasteiger partial charge in [0.25, 0.3) is 5.91 Å². The first-order valence-electron chi connectivity index (χ1n) is 12.8. The molecule has 3 N–H and O–H groups in total. The third-order valence-corrected chi connectivity index (χ3v) is 6.83. The number of rotatable bonds is 12. The lowest BCUT2D eigenvalue weighted by atomic mass is 9.81. The molecule has 5 heteroatoms.